The fraction of sp³-hybridized carbons (Fsp3) is 0.125. The Morgan fingerprint density at radius 3 is 2.30 bits per heavy atom. The highest BCUT2D eigenvalue weighted by molar-refractivity contribution is 7.92. The molecule has 0 atom stereocenters. The van der Waals surface area contributed by atoms with Gasteiger partial charge >= 0.3 is 0 Å². The number of anilines is 1. The molecule has 104 valence electrons. The maximum Gasteiger partial charge on any atom is 0.262 e. The van der Waals surface area contributed by atoms with E-state index in [4.69, 9.17) is 0 Å². The molecule has 0 aromatic heterocycles. The lowest BCUT2D eigenvalue weighted by Crippen LogP contribution is -2.14. The molecule has 0 aliphatic carbocycles. The van der Waals surface area contributed by atoms with E-state index < -0.39 is 10.0 Å². The minimum atomic E-state index is -3.56. The van der Waals surface area contributed by atoms with Crippen LogP contribution in [0.3, 0.4) is 0 Å². The number of nitrogens with one attached hydrogen (secondary N) is 1. The van der Waals surface area contributed by atoms with Crippen LogP contribution >= 0.6 is 0 Å². The number of hydrogen-bond donors (Lipinski definition) is 1. The number of benzene rings is 2. The molecule has 0 amide bonds. The third kappa shape index (κ3) is 3.08. The van der Waals surface area contributed by atoms with E-state index in [1.807, 2.05) is 31.2 Å². The molecule has 0 heterocycles. The van der Waals surface area contributed by atoms with Gasteiger partial charge in [0.2, 0.25) is 0 Å². The first-order valence-corrected chi connectivity index (χ1v) is 7.73. The van der Waals surface area contributed by atoms with Gasteiger partial charge < -0.3 is 0 Å². The second-order valence-electron chi connectivity index (χ2n) is 4.70. The summed E-state index contributed by atoms with van der Waals surface area (Å²) in [6.07, 6.45) is 1.71. The zero-order valence-electron chi connectivity index (χ0n) is 11.6. The fourth-order valence-corrected chi connectivity index (χ4v) is 3.28. The van der Waals surface area contributed by atoms with Crippen LogP contribution in [0.5, 0.6) is 0 Å². The molecular formula is C16H17NO2S. The van der Waals surface area contributed by atoms with Gasteiger partial charge in [0.15, 0.2) is 0 Å². The molecule has 0 saturated carbocycles. The topological polar surface area (TPSA) is 46.2 Å². The number of aryl methyl sites for hydroxylation is 2. The van der Waals surface area contributed by atoms with Crippen LogP contribution < -0.4 is 4.72 Å². The fourth-order valence-electron chi connectivity index (χ4n) is 1.89. The highest BCUT2D eigenvalue weighted by Gasteiger charge is 2.16. The van der Waals surface area contributed by atoms with Crippen molar-refractivity contribution in [2.45, 2.75) is 18.7 Å². The molecule has 3 nitrogen and oxygen atoms in total. The predicted molar refractivity (Wildman–Crippen MR) is 83.3 cm³/mol. The predicted octanol–water partition coefficient (Wildman–Crippen LogP) is 3.75. The Balaban J connectivity index is 2.35. The Labute approximate surface area is 120 Å². The molecule has 2 aromatic rings. The minimum absolute atomic E-state index is 0.310. The highest BCUT2D eigenvalue weighted by Crippen LogP contribution is 2.21. The summed E-state index contributed by atoms with van der Waals surface area (Å²) >= 11 is 0. The second kappa shape index (κ2) is 5.51. The number of sulfonamides is 1. The molecule has 0 spiro atoms. The summed E-state index contributed by atoms with van der Waals surface area (Å²) in [5, 5.41) is 0. The normalized spacial score (nSPS) is 11.1. The molecule has 1 N–H and O–H groups in total. The molecule has 2 rings (SSSR count). The molecule has 0 fully saturated rings. The standard InChI is InChI=1S/C16H17NO2S/c1-4-14-7-9-15(10-8-14)17-20(18,19)16-11-12(2)5-6-13(16)3/h4-11,17H,1H2,2-3H3. The molecule has 0 bridgehead atoms. The van der Waals surface area contributed by atoms with E-state index >= 15 is 0 Å². The van der Waals surface area contributed by atoms with Gasteiger partial charge in [0.1, 0.15) is 0 Å². The molecule has 0 aliphatic rings. The van der Waals surface area contributed by atoms with Crippen LogP contribution in [0.15, 0.2) is 53.9 Å². The summed E-state index contributed by atoms with van der Waals surface area (Å²) in [5.74, 6) is 0. The van der Waals surface area contributed by atoms with Crippen LogP contribution in [0.25, 0.3) is 6.08 Å². The summed E-state index contributed by atoms with van der Waals surface area (Å²) in [4.78, 5) is 0.310. The molecule has 0 aliphatic heterocycles. The van der Waals surface area contributed by atoms with Crippen molar-refractivity contribution in [1.82, 2.24) is 0 Å². The van der Waals surface area contributed by atoms with E-state index in [0.717, 1.165) is 16.7 Å². The lowest BCUT2D eigenvalue weighted by Gasteiger charge is -2.11. The van der Waals surface area contributed by atoms with Crippen LogP contribution in [0.2, 0.25) is 0 Å². The van der Waals surface area contributed by atoms with E-state index in [2.05, 4.69) is 11.3 Å². The van der Waals surface area contributed by atoms with Crippen LogP contribution in [-0.2, 0) is 10.0 Å². The van der Waals surface area contributed by atoms with Crippen LogP contribution in [-0.4, -0.2) is 8.42 Å². The minimum Gasteiger partial charge on any atom is -0.280 e. The van der Waals surface area contributed by atoms with E-state index in [1.54, 1.807) is 31.2 Å². The number of hydrogen-bond acceptors (Lipinski definition) is 2. The van der Waals surface area contributed by atoms with E-state index in [9.17, 15) is 8.42 Å². The first-order valence-electron chi connectivity index (χ1n) is 6.25. The smallest absolute Gasteiger partial charge is 0.262 e. The van der Waals surface area contributed by atoms with Gasteiger partial charge in [-0.2, -0.15) is 0 Å². The summed E-state index contributed by atoms with van der Waals surface area (Å²) in [5.41, 5.74) is 3.12. The Morgan fingerprint density at radius 1 is 1.05 bits per heavy atom. The third-order valence-electron chi connectivity index (χ3n) is 3.03. The quantitative estimate of drug-likeness (QED) is 0.931. The largest absolute Gasteiger partial charge is 0.280 e. The molecule has 20 heavy (non-hydrogen) atoms. The summed E-state index contributed by atoms with van der Waals surface area (Å²) in [6.45, 7) is 7.32. The summed E-state index contributed by atoms with van der Waals surface area (Å²) in [6, 6.07) is 12.5. The Morgan fingerprint density at radius 2 is 1.70 bits per heavy atom. The Kier molecular flexibility index (Phi) is 3.95. The SMILES string of the molecule is C=Cc1ccc(NS(=O)(=O)c2cc(C)ccc2C)cc1. The second-order valence-corrected chi connectivity index (χ2v) is 6.35. The average molecular weight is 287 g/mol. The van der Waals surface area contributed by atoms with Crippen molar-refractivity contribution < 1.29 is 8.42 Å². The van der Waals surface area contributed by atoms with Gasteiger partial charge in [0.25, 0.3) is 10.0 Å². The first kappa shape index (κ1) is 14.3. The van der Waals surface area contributed by atoms with Crippen molar-refractivity contribution in [3.8, 4) is 0 Å². The molecule has 2 aromatic carbocycles. The third-order valence-corrected chi connectivity index (χ3v) is 4.56. The average Bonchev–Trinajstić information content (AvgIpc) is 2.42. The summed E-state index contributed by atoms with van der Waals surface area (Å²) < 4.78 is 27.4. The summed E-state index contributed by atoms with van der Waals surface area (Å²) in [7, 11) is -3.56. The Bertz CT molecular complexity index is 732. The molecule has 0 unspecified atom stereocenters. The van der Waals surface area contributed by atoms with Gasteiger partial charge in [0.05, 0.1) is 4.90 Å². The van der Waals surface area contributed by atoms with Gasteiger partial charge in [-0.05, 0) is 48.7 Å². The Hall–Kier alpha value is -2.07. The van der Waals surface area contributed by atoms with Crippen LogP contribution in [0.1, 0.15) is 16.7 Å². The van der Waals surface area contributed by atoms with Crippen molar-refractivity contribution >= 4 is 21.8 Å². The highest BCUT2D eigenvalue weighted by atomic mass is 32.2. The van der Waals surface area contributed by atoms with Crippen molar-refractivity contribution in [3.63, 3.8) is 0 Å². The molecule has 4 heteroatoms. The van der Waals surface area contributed by atoms with Gasteiger partial charge in [-0.25, -0.2) is 8.42 Å². The van der Waals surface area contributed by atoms with Crippen LogP contribution in [0.4, 0.5) is 5.69 Å². The van der Waals surface area contributed by atoms with E-state index in [-0.39, 0.29) is 0 Å². The van der Waals surface area contributed by atoms with Gasteiger partial charge in [-0.1, -0.05) is 36.9 Å². The van der Waals surface area contributed by atoms with Gasteiger partial charge in [0, 0.05) is 5.69 Å². The number of rotatable bonds is 4. The molecular weight excluding hydrogens is 270 g/mol. The van der Waals surface area contributed by atoms with Crippen LogP contribution in [0, 0.1) is 13.8 Å². The molecule has 0 saturated heterocycles. The van der Waals surface area contributed by atoms with E-state index in [0.29, 0.717) is 10.6 Å². The lowest BCUT2D eigenvalue weighted by molar-refractivity contribution is 0.600. The van der Waals surface area contributed by atoms with Crippen molar-refractivity contribution in [1.29, 1.82) is 0 Å². The monoisotopic (exact) mass is 287 g/mol. The van der Waals surface area contributed by atoms with E-state index in [1.165, 1.54) is 0 Å². The zero-order valence-corrected chi connectivity index (χ0v) is 12.4. The molecule has 0 radical (unpaired) electrons. The van der Waals surface area contributed by atoms with Gasteiger partial charge in [-0.15, -0.1) is 0 Å². The van der Waals surface area contributed by atoms with Gasteiger partial charge in [-0.3, -0.25) is 4.72 Å². The lowest BCUT2D eigenvalue weighted by atomic mass is 10.2. The maximum absolute atomic E-state index is 12.4. The van der Waals surface area contributed by atoms with Crippen molar-refractivity contribution in [2.24, 2.45) is 0 Å². The zero-order chi connectivity index (χ0) is 14.8. The van der Waals surface area contributed by atoms with Crippen molar-refractivity contribution in [3.05, 3.63) is 65.7 Å². The van der Waals surface area contributed by atoms with Crippen molar-refractivity contribution in [2.75, 3.05) is 4.72 Å². The maximum atomic E-state index is 12.4. The first-order chi connectivity index (χ1) is 9.42.